The van der Waals surface area contributed by atoms with Crippen molar-refractivity contribution in [2.75, 3.05) is 0 Å². The molecule has 27 heavy (non-hydrogen) atoms. The SMILES string of the molecule is N/C(=C\N(N)Cc1ccc(-c2nnc(C(F)F)o2)cn1)c1ccc(Cl)cc1. The molecule has 0 saturated heterocycles. The Balaban J connectivity index is 1.66. The molecule has 3 rings (SSSR count). The van der Waals surface area contributed by atoms with E-state index in [1.807, 2.05) is 0 Å². The Morgan fingerprint density at radius 2 is 1.93 bits per heavy atom. The van der Waals surface area contributed by atoms with Crippen molar-refractivity contribution >= 4 is 17.3 Å². The number of nitrogens with two attached hydrogens (primary N) is 2. The van der Waals surface area contributed by atoms with E-state index in [1.54, 1.807) is 42.6 Å². The van der Waals surface area contributed by atoms with Crippen molar-refractivity contribution in [2.24, 2.45) is 11.6 Å². The molecular weight excluding hydrogens is 378 g/mol. The molecule has 0 aliphatic rings. The van der Waals surface area contributed by atoms with Crippen LogP contribution in [0, 0.1) is 0 Å². The van der Waals surface area contributed by atoms with Gasteiger partial charge >= 0.3 is 6.43 Å². The number of halogens is 3. The first-order valence-electron chi connectivity index (χ1n) is 7.74. The number of nitrogens with zero attached hydrogens (tertiary/aromatic N) is 4. The molecule has 0 aliphatic carbocycles. The van der Waals surface area contributed by atoms with E-state index in [0.29, 0.717) is 22.0 Å². The fourth-order valence-electron chi connectivity index (χ4n) is 2.21. The summed E-state index contributed by atoms with van der Waals surface area (Å²) >= 11 is 5.85. The third-order valence-electron chi connectivity index (χ3n) is 3.53. The van der Waals surface area contributed by atoms with Crippen LogP contribution >= 0.6 is 11.6 Å². The largest absolute Gasteiger partial charge is 0.415 e. The Bertz CT molecular complexity index is 927. The normalized spacial score (nSPS) is 11.8. The third-order valence-corrected chi connectivity index (χ3v) is 3.78. The summed E-state index contributed by atoms with van der Waals surface area (Å²) in [5.74, 6) is 5.19. The maximum Gasteiger partial charge on any atom is 0.314 e. The molecule has 3 aromatic rings. The number of alkyl halides is 2. The molecule has 10 heteroatoms. The molecule has 0 saturated carbocycles. The summed E-state index contributed by atoms with van der Waals surface area (Å²) in [6, 6.07) is 10.3. The Labute approximate surface area is 158 Å². The van der Waals surface area contributed by atoms with Crippen molar-refractivity contribution in [2.45, 2.75) is 13.0 Å². The van der Waals surface area contributed by atoms with Crippen molar-refractivity contribution in [3.63, 3.8) is 0 Å². The van der Waals surface area contributed by atoms with Crippen LogP contribution < -0.4 is 11.6 Å². The van der Waals surface area contributed by atoms with Crippen LogP contribution in [0.15, 0.2) is 53.2 Å². The summed E-state index contributed by atoms with van der Waals surface area (Å²) < 4.78 is 29.9. The monoisotopic (exact) mass is 392 g/mol. The van der Waals surface area contributed by atoms with Crippen LogP contribution in [0.25, 0.3) is 17.2 Å². The first-order chi connectivity index (χ1) is 12.9. The second-order valence-electron chi connectivity index (χ2n) is 5.55. The van der Waals surface area contributed by atoms with Crippen LogP contribution in [0.2, 0.25) is 5.02 Å². The second kappa shape index (κ2) is 8.11. The van der Waals surface area contributed by atoms with E-state index in [2.05, 4.69) is 15.2 Å². The van der Waals surface area contributed by atoms with Crippen LogP contribution in [0.5, 0.6) is 0 Å². The van der Waals surface area contributed by atoms with Gasteiger partial charge < -0.3 is 15.2 Å². The minimum atomic E-state index is -2.82. The van der Waals surface area contributed by atoms with Gasteiger partial charge in [-0.3, -0.25) is 4.98 Å². The molecule has 7 nitrogen and oxygen atoms in total. The standard InChI is InChI=1S/C17H15ClF2N6O/c18-12-4-1-10(2-5-12)14(21)9-26(22)8-13-6-3-11(7-23-13)16-24-25-17(27-16)15(19)20/h1-7,9,15H,8,21-22H2/b14-9-. The number of hydrazine groups is 1. The maximum atomic E-state index is 12.5. The van der Waals surface area contributed by atoms with Gasteiger partial charge in [0.05, 0.1) is 23.5 Å². The molecule has 140 valence electrons. The van der Waals surface area contributed by atoms with E-state index in [-0.39, 0.29) is 12.4 Å². The lowest BCUT2D eigenvalue weighted by molar-refractivity contribution is 0.116. The zero-order chi connectivity index (χ0) is 19.4. The lowest BCUT2D eigenvalue weighted by atomic mass is 10.2. The van der Waals surface area contributed by atoms with Crippen LogP contribution in [0.1, 0.15) is 23.6 Å². The van der Waals surface area contributed by atoms with Crippen molar-refractivity contribution < 1.29 is 13.2 Å². The molecule has 0 aliphatic heterocycles. The van der Waals surface area contributed by atoms with Gasteiger partial charge in [-0.05, 0) is 29.8 Å². The molecule has 0 spiro atoms. The van der Waals surface area contributed by atoms with E-state index >= 15 is 0 Å². The highest BCUT2D eigenvalue weighted by Crippen LogP contribution is 2.22. The van der Waals surface area contributed by atoms with Crippen molar-refractivity contribution in [3.8, 4) is 11.5 Å². The van der Waals surface area contributed by atoms with Crippen LogP contribution in [0.4, 0.5) is 8.78 Å². The minimum absolute atomic E-state index is 0.0270. The molecule has 0 amide bonds. The van der Waals surface area contributed by atoms with Crippen molar-refractivity contribution in [3.05, 3.63) is 71.0 Å². The van der Waals surface area contributed by atoms with Gasteiger partial charge in [0.2, 0.25) is 5.89 Å². The van der Waals surface area contributed by atoms with E-state index in [9.17, 15) is 8.78 Å². The molecule has 2 heterocycles. The van der Waals surface area contributed by atoms with Gasteiger partial charge in [0.25, 0.3) is 5.89 Å². The highest BCUT2D eigenvalue weighted by molar-refractivity contribution is 6.30. The molecule has 1 aromatic carbocycles. The van der Waals surface area contributed by atoms with Crippen LogP contribution in [-0.2, 0) is 6.54 Å². The predicted molar refractivity (Wildman–Crippen MR) is 95.8 cm³/mol. The van der Waals surface area contributed by atoms with E-state index < -0.39 is 12.3 Å². The summed E-state index contributed by atoms with van der Waals surface area (Å²) in [5, 5.41) is 8.84. The molecule has 0 radical (unpaired) electrons. The summed E-state index contributed by atoms with van der Waals surface area (Å²) in [5.41, 5.74) is 8.33. The molecule has 0 bridgehead atoms. The Morgan fingerprint density at radius 3 is 2.52 bits per heavy atom. The molecule has 4 N–H and O–H groups in total. The lowest BCUT2D eigenvalue weighted by Gasteiger charge is -2.14. The van der Waals surface area contributed by atoms with Crippen molar-refractivity contribution in [1.82, 2.24) is 20.2 Å². The summed E-state index contributed by atoms with van der Waals surface area (Å²) in [4.78, 5) is 4.22. The van der Waals surface area contributed by atoms with Gasteiger partial charge in [-0.1, -0.05) is 23.7 Å². The molecule has 0 unspecified atom stereocenters. The number of benzene rings is 1. The Morgan fingerprint density at radius 1 is 1.19 bits per heavy atom. The number of hydrogen-bond acceptors (Lipinski definition) is 7. The van der Waals surface area contributed by atoms with Gasteiger partial charge in [0, 0.05) is 17.4 Å². The summed E-state index contributed by atoms with van der Waals surface area (Å²) in [7, 11) is 0. The van der Waals surface area contributed by atoms with Gasteiger partial charge in [0.15, 0.2) is 0 Å². The predicted octanol–water partition coefficient (Wildman–Crippen LogP) is 3.36. The van der Waals surface area contributed by atoms with Gasteiger partial charge in [-0.15, -0.1) is 10.2 Å². The molecule has 0 fully saturated rings. The molecular formula is C17H15ClF2N6O. The average Bonchev–Trinajstić information content (AvgIpc) is 3.13. The third kappa shape index (κ3) is 4.78. The van der Waals surface area contributed by atoms with Gasteiger partial charge in [0.1, 0.15) is 0 Å². The van der Waals surface area contributed by atoms with E-state index in [1.165, 1.54) is 11.2 Å². The number of aromatic nitrogens is 3. The zero-order valence-electron chi connectivity index (χ0n) is 13.9. The van der Waals surface area contributed by atoms with Gasteiger partial charge in [-0.25, -0.2) is 5.84 Å². The number of hydrogen-bond donors (Lipinski definition) is 2. The second-order valence-corrected chi connectivity index (χ2v) is 5.98. The van der Waals surface area contributed by atoms with E-state index in [0.717, 1.165) is 5.56 Å². The Kier molecular flexibility index (Phi) is 5.63. The lowest BCUT2D eigenvalue weighted by Crippen LogP contribution is -2.26. The summed E-state index contributed by atoms with van der Waals surface area (Å²) in [6.07, 6.45) is 0.200. The number of rotatable bonds is 6. The zero-order valence-corrected chi connectivity index (χ0v) is 14.6. The van der Waals surface area contributed by atoms with Gasteiger partial charge in [-0.2, -0.15) is 8.78 Å². The average molecular weight is 393 g/mol. The maximum absolute atomic E-state index is 12.5. The first-order valence-corrected chi connectivity index (χ1v) is 8.11. The minimum Gasteiger partial charge on any atom is -0.415 e. The fraction of sp³-hybridized carbons (Fsp3) is 0.118. The highest BCUT2D eigenvalue weighted by atomic mass is 35.5. The fourth-order valence-corrected chi connectivity index (χ4v) is 2.34. The molecule has 2 aromatic heterocycles. The molecule has 0 atom stereocenters. The van der Waals surface area contributed by atoms with Crippen molar-refractivity contribution in [1.29, 1.82) is 0 Å². The quantitative estimate of drug-likeness (QED) is 0.489. The Hall–Kier alpha value is -3.04. The summed E-state index contributed by atoms with van der Waals surface area (Å²) in [6.45, 7) is 0.278. The van der Waals surface area contributed by atoms with Crippen LogP contribution in [-0.4, -0.2) is 20.2 Å². The highest BCUT2D eigenvalue weighted by Gasteiger charge is 2.17. The first kappa shape index (κ1) is 18.7. The number of pyridine rings is 1. The van der Waals surface area contributed by atoms with Crippen LogP contribution in [0.3, 0.4) is 0 Å². The topological polar surface area (TPSA) is 107 Å². The van der Waals surface area contributed by atoms with E-state index in [4.69, 9.17) is 27.6 Å². The smallest absolute Gasteiger partial charge is 0.314 e.